The second-order valence-corrected chi connectivity index (χ2v) is 3.04. The third-order valence-electron chi connectivity index (χ3n) is 0.779. The lowest BCUT2D eigenvalue weighted by Crippen LogP contribution is -2.09. The van der Waals surface area contributed by atoms with E-state index in [1.165, 1.54) is 23.5 Å². The van der Waals surface area contributed by atoms with E-state index in [0.717, 1.165) is 0 Å². The van der Waals surface area contributed by atoms with Crippen molar-refractivity contribution in [1.29, 1.82) is 0 Å². The van der Waals surface area contributed by atoms with Gasteiger partial charge in [0.2, 0.25) is 0 Å². The topological polar surface area (TPSA) is 58.2 Å². The first-order valence-electron chi connectivity index (χ1n) is 3.13. The van der Waals surface area contributed by atoms with E-state index in [4.69, 9.17) is 0 Å². The Bertz CT molecular complexity index is 114. The molecule has 80 valence electrons. The molecule has 2 amide bonds. The molecule has 13 heavy (non-hydrogen) atoms. The summed E-state index contributed by atoms with van der Waals surface area (Å²) in [7, 11) is 3.22. The fraction of sp³-hybridized carbons (Fsp3) is 0.714. The summed E-state index contributed by atoms with van der Waals surface area (Å²) >= 11 is 2.35. The zero-order valence-electron chi connectivity index (χ0n) is 7.63. The quantitative estimate of drug-likeness (QED) is 0.663. The van der Waals surface area contributed by atoms with Crippen LogP contribution in [0.1, 0.15) is 7.43 Å². The molecule has 0 unspecified atom stereocenters. The summed E-state index contributed by atoms with van der Waals surface area (Å²) in [6.45, 7) is 0. The van der Waals surface area contributed by atoms with E-state index < -0.39 is 0 Å². The Hall–Kier alpha value is -0.360. The molecule has 0 radical (unpaired) electrons. The highest BCUT2D eigenvalue weighted by Gasteiger charge is 1.85. The van der Waals surface area contributed by atoms with E-state index in [2.05, 4.69) is 10.6 Å². The van der Waals surface area contributed by atoms with Crippen LogP contribution in [0.5, 0.6) is 0 Å². The fourth-order valence-corrected chi connectivity index (χ4v) is 0.612. The Morgan fingerprint density at radius 3 is 1.15 bits per heavy atom. The average Bonchev–Trinajstić information content (AvgIpc) is 2.16. The van der Waals surface area contributed by atoms with Gasteiger partial charge in [0, 0.05) is 14.1 Å². The molecule has 0 aromatic rings. The van der Waals surface area contributed by atoms with Gasteiger partial charge < -0.3 is 10.6 Å². The standard InChI is InChI=1S/2C3H7NOS.CH4/c2*1-4-3(5)6-2;/h2*1-2H3,(H,4,5);1H4. The molecule has 4 nitrogen and oxygen atoms in total. The molecule has 0 aliphatic heterocycles. The highest BCUT2D eigenvalue weighted by molar-refractivity contribution is 8.13. The van der Waals surface area contributed by atoms with Gasteiger partial charge in [-0.15, -0.1) is 0 Å². The molecule has 0 aromatic heterocycles. The molecule has 0 rings (SSSR count). The number of hydrogen-bond donors (Lipinski definition) is 2. The maximum atomic E-state index is 10.0. The minimum Gasteiger partial charge on any atom is -0.350 e. The van der Waals surface area contributed by atoms with Crippen molar-refractivity contribution in [2.75, 3.05) is 26.6 Å². The van der Waals surface area contributed by atoms with Crippen molar-refractivity contribution in [3.05, 3.63) is 0 Å². The van der Waals surface area contributed by atoms with Gasteiger partial charge in [-0.05, 0) is 12.5 Å². The van der Waals surface area contributed by atoms with E-state index in [0.29, 0.717) is 0 Å². The molecule has 0 spiro atoms. The first kappa shape index (κ1) is 18.4. The van der Waals surface area contributed by atoms with Gasteiger partial charge >= 0.3 is 0 Å². The van der Waals surface area contributed by atoms with E-state index in [1.54, 1.807) is 26.6 Å². The zero-order chi connectivity index (χ0) is 9.98. The molecule has 0 aliphatic carbocycles. The van der Waals surface area contributed by atoms with E-state index in [1.807, 2.05) is 0 Å². The van der Waals surface area contributed by atoms with Crippen LogP contribution in [0.25, 0.3) is 0 Å². The highest BCUT2D eigenvalue weighted by Crippen LogP contribution is 1.89. The molecule has 0 atom stereocenters. The van der Waals surface area contributed by atoms with Crippen molar-refractivity contribution in [2.24, 2.45) is 0 Å². The predicted molar refractivity (Wildman–Crippen MR) is 62.7 cm³/mol. The van der Waals surface area contributed by atoms with Crippen molar-refractivity contribution in [1.82, 2.24) is 10.6 Å². The molecule has 0 aromatic carbocycles. The number of rotatable bonds is 0. The Morgan fingerprint density at radius 1 is 0.923 bits per heavy atom. The van der Waals surface area contributed by atoms with Gasteiger partial charge in [0.05, 0.1) is 0 Å². The number of amides is 2. The van der Waals surface area contributed by atoms with Crippen molar-refractivity contribution < 1.29 is 9.59 Å². The van der Waals surface area contributed by atoms with Crippen molar-refractivity contribution in [3.8, 4) is 0 Å². The lowest BCUT2D eigenvalue weighted by molar-refractivity contribution is 0.261. The van der Waals surface area contributed by atoms with Crippen LogP contribution in [0, 0.1) is 0 Å². The molecular weight excluding hydrogens is 208 g/mol. The van der Waals surface area contributed by atoms with Gasteiger partial charge in [-0.1, -0.05) is 31.0 Å². The molecule has 0 heterocycles. The first-order valence-corrected chi connectivity index (χ1v) is 5.58. The Kier molecular flexibility index (Phi) is 20.1. The van der Waals surface area contributed by atoms with Crippen molar-refractivity contribution in [2.45, 2.75) is 7.43 Å². The Labute approximate surface area is 88.6 Å². The number of carbonyl (C=O) groups is 2. The van der Waals surface area contributed by atoms with Crippen LogP contribution in [-0.2, 0) is 0 Å². The molecule has 0 bridgehead atoms. The second kappa shape index (κ2) is 14.2. The summed E-state index contributed by atoms with van der Waals surface area (Å²) in [5, 5.41) is 4.90. The van der Waals surface area contributed by atoms with E-state index in [-0.39, 0.29) is 17.9 Å². The Morgan fingerprint density at radius 2 is 1.15 bits per heavy atom. The molecule has 0 aliphatic rings. The zero-order valence-corrected chi connectivity index (χ0v) is 9.27. The minimum absolute atomic E-state index is 0. The Balaban J connectivity index is -0.000000143. The third kappa shape index (κ3) is 18.5. The van der Waals surface area contributed by atoms with Crippen LogP contribution in [0.4, 0.5) is 9.59 Å². The van der Waals surface area contributed by atoms with Gasteiger partial charge in [-0.25, -0.2) is 0 Å². The summed E-state index contributed by atoms with van der Waals surface area (Å²) in [4.78, 5) is 20.1. The number of thioether (sulfide) groups is 2. The molecule has 6 heteroatoms. The van der Waals surface area contributed by atoms with Crippen LogP contribution in [0.3, 0.4) is 0 Å². The normalized spacial score (nSPS) is 7.08. The van der Waals surface area contributed by atoms with Crippen molar-refractivity contribution >= 4 is 34.0 Å². The largest absolute Gasteiger partial charge is 0.350 e. The number of carbonyl (C=O) groups excluding carboxylic acids is 2. The third-order valence-corrected chi connectivity index (χ3v) is 1.93. The van der Waals surface area contributed by atoms with Crippen LogP contribution in [-0.4, -0.2) is 37.1 Å². The lowest BCUT2D eigenvalue weighted by Gasteiger charge is -1.86. The van der Waals surface area contributed by atoms with Gasteiger partial charge in [0.15, 0.2) is 0 Å². The monoisotopic (exact) mass is 226 g/mol. The van der Waals surface area contributed by atoms with Crippen LogP contribution < -0.4 is 10.6 Å². The number of nitrogens with one attached hydrogen (secondary N) is 2. The van der Waals surface area contributed by atoms with Crippen LogP contribution in [0.2, 0.25) is 0 Å². The second-order valence-electron chi connectivity index (χ2n) is 1.48. The summed E-state index contributed by atoms with van der Waals surface area (Å²) < 4.78 is 0. The molecule has 0 fully saturated rings. The van der Waals surface area contributed by atoms with Gasteiger partial charge in [-0.3, -0.25) is 9.59 Å². The highest BCUT2D eigenvalue weighted by atomic mass is 32.2. The number of hydrogen-bond acceptors (Lipinski definition) is 4. The molecule has 2 N–H and O–H groups in total. The van der Waals surface area contributed by atoms with Crippen LogP contribution in [0.15, 0.2) is 0 Å². The maximum Gasteiger partial charge on any atom is 0.278 e. The molecule has 0 saturated carbocycles. The van der Waals surface area contributed by atoms with E-state index in [9.17, 15) is 9.59 Å². The molecular formula is C7H18N2O2S2. The van der Waals surface area contributed by atoms with E-state index >= 15 is 0 Å². The smallest absolute Gasteiger partial charge is 0.278 e. The summed E-state index contributed by atoms with van der Waals surface area (Å²) in [5.41, 5.74) is 0. The van der Waals surface area contributed by atoms with Gasteiger partial charge in [0.1, 0.15) is 0 Å². The minimum atomic E-state index is 0. The SMILES string of the molecule is C.CNC(=O)SC.CNC(=O)SC. The fourth-order valence-electron chi connectivity index (χ4n) is 0.204. The van der Waals surface area contributed by atoms with Crippen LogP contribution >= 0.6 is 23.5 Å². The molecule has 0 saturated heterocycles. The first-order chi connectivity index (χ1) is 5.62. The van der Waals surface area contributed by atoms with Gasteiger partial charge in [0.25, 0.3) is 10.5 Å². The summed E-state index contributed by atoms with van der Waals surface area (Å²) in [6, 6.07) is 0. The summed E-state index contributed by atoms with van der Waals surface area (Å²) in [5.74, 6) is 0. The average molecular weight is 226 g/mol. The maximum absolute atomic E-state index is 10.0. The van der Waals surface area contributed by atoms with Gasteiger partial charge in [-0.2, -0.15) is 0 Å². The summed E-state index contributed by atoms with van der Waals surface area (Å²) in [6.07, 6.45) is 3.47. The predicted octanol–water partition coefficient (Wildman–Crippen LogP) is 2.01. The van der Waals surface area contributed by atoms with Crippen molar-refractivity contribution in [3.63, 3.8) is 0 Å². The lowest BCUT2D eigenvalue weighted by atomic mass is 11.2.